The molecular formula is C24H23F5N4O2. The van der Waals surface area contributed by atoms with Crippen molar-refractivity contribution in [2.75, 3.05) is 26.2 Å². The molecule has 2 heterocycles. The second-order valence-electron chi connectivity index (χ2n) is 8.79. The molecule has 0 N–H and O–H groups in total. The van der Waals surface area contributed by atoms with Crippen LogP contribution in [0.5, 0.6) is 0 Å². The number of hydrogen-bond donors (Lipinski definition) is 0. The molecule has 1 aromatic heterocycles. The number of aromatic nitrogens is 2. The summed E-state index contributed by atoms with van der Waals surface area (Å²) < 4.78 is 68.0. The number of fused-ring (bicyclic) bond motifs is 1. The predicted molar refractivity (Wildman–Crippen MR) is 117 cm³/mol. The average Bonchev–Trinajstić information content (AvgIpc) is 3.20. The van der Waals surface area contributed by atoms with Gasteiger partial charge in [0.25, 0.3) is 5.91 Å². The molecule has 11 heteroatoms. The van der Waals surface area contributed by atoms with Gasteiger partial charge in [0.05, 0.1) is 22.9 Å². The molecule has 2 amide bonds. The summed E-state index contributed by atoms with van der Waals surface area (Å²) in [5.74, 6) is -3.10. The quantitative estimate of drug-likeness (QED) is 0.502. The number of imidazole rings is 1. The lowest BCUT2D eigenvalue weighted by molar-refractivity contribution is -0.138. The fourth-order valence-electron chi connectivity index (χ4n) is 4.30. The highest BCUT2D eigenvalue weighted by atomic mass is 19.4. The summed E-state index contributed by atoms with van der Waals surface area (Å²) in [5.41, 5.74) is -0.465. The van der Waals surface area contributed by atoms with Crippen LogP contribution < -0.4 is 0 Å². The van der Waals surface area contributed by atoms with Gasteiger partial charge in [-0.1, -0.05) is 19.9 Å². The van der Waals surface area contributed by atoms with E-state index in [1.165, 1.54) is 27.9 Å². The van der Waals surface area contributed by atoms with Gasteiger partial charge in [-0.05, 0) is 24.1 Å². The Balaban J connectivity index is 1.49. The van der Waals surface area contributed by atoms with Crippen molar-refractivity contribution in [3.63, 3.8) is 0 Å². The highest BCUT2D eigenvalue weighted by molar-refractivity contribution is 5.94. The van der Waals surface area contributed by atoms with E-state index in [2.05, 4.69) is 4.98 Å². The molecule has 186 valence electrons. The second-order valence-corrected chi connectivity index (χ2v) is 8.79. The molecule has 4 rings (SSSR count). The molecule has 1 aliphatic heterocycles. The summed E-state index contributed by atoms with van der Waals surface area (Å²) in [6.45, 7) is 4.31. The van der Waals surface area contributed by atoms with Crippen LogP contribution in [0.4, 0.5) is 22.0 Å². The van der Waals surface area contributed by atoms with Crippen LogP contribution in [0.3, 0.4) is 0 Å². The monoisotopic (exact) mass is 494 g/mol. The lowest BCUT2D eigenvalue weighted by Crippen LogP contribution is -2.52. The van der Waals surface area contributed by atoms with Gasteiger partial charge in [0.2, 0.25) is 5.91 Å². The van der Waals surface area contributed by atoms with Crippen molar-refractivity contribution >= 4 is 22.8 Å². The van der Waals surface area contributed by atoms with Crippen LogP contribution in [0.25, 0.3) is 11.0 Å². The van der Waals surface area contributed by atoms with E-state index in [9.17, 15) is 31.5 Å². The highest BCUT2D eigenvalue weighted by Gasteiger charge is 2.34. The summed E-state index contributed by atoms with van der Waals surface area (Å²) in [4.78, 5) is 33.3. The van der Waals surface area contributed by atoms with Crippen molar-refractivity contribution < 1.29 is 31.5 Å². The topological polar surface area (TPSA) is 58.4 Å². The van der Waals surface area contributed by atoms with Crippen LogP contribution >= 0.6 is 0 Å². The highest BCUT2D eigenvalue weighted by Crippen LogP contribution is 2.30. The van der Waals surface area contributed by atoms with Gasteiger partial charge < -0.3 is 14.4 Å². The van der Waals surface area contributed by atoms with Gasteiger partial charge in [-0.2, -0.15) is 13.2 Å². The number of carbonyl (C=O) groups excluding carboxylic acids is 2. The molecule has 0 radical (unpaired) electrons. The smallest absolute Gasteiger partial charge is 0.337 e. The Kier molecular flexibility index (Phi) is 6.52. The largest absolute Gasteiger partial charge is 0.416 e. The number of piperazine rings is 1. The number of amides is 2. The summed E-state index contributed by atoms with van der Waals surface area (Å²) in [7, 11) is 0. The van der Waals surface area contributed by atoms with Gasteiger partial charge in [0, 0.05) is 43.9 Å². The predicted octanol–water partition coefficient (Wildman–Crippen LogP) is 4.52. The molecular weight excluding hydrogens is 471 g/mol. The number of alkyl halides is 3. The van der Waals surface area contributed by atoms with E-state index in [-0.39, 0.29) is 54.6 Å². The molecule has 3 aromatic rings. The number of carbonyl (C=O) groups is 2. The van der Waals surface area contributed by atoms with Crippen molar-refractivity contribution in [1.29, 1.82) is 0 Å². The van der Waals surface area contributed by atoms with Gasteiger partial charge in [0.1, 0.15) is 6.04 Å². The molecule has 0 saturated carbocycles. The van der Waals surface area contributed by atoms with Gasteiger partial charge in [-0.25, -0.2) is 13.8 Å². The van der Waals surface area contributed by atoms with Gasteiger partial charge >= 0.3 is 6.18 Å². The molecule has 6 nitrogen and oxygen atoms in total. The van der Waals surface area contributed by atoms with Crippen molar-refractivity contribution in [2.45, 2.75) is 26.1 Å². The Labute approximate surface area is 197 Å². The molecule has 0 spiro atoms. The molecule has 1 atom stereocenters. The Bertz CT molecular complexity index is 1260. The van der Waals surface area contributed by atoms with Crippen molar-refractivity contribution in [3.8, 4) is 0 Å². The third-order valence-electron chi connectivity index (χ3n) is 6.12. The van der Waals surface area contributed by atoms with Gasteiger partial charge in [0.15, 0.2) is 11.6 Å². The van der Waals surface area contributed by atoms with Crippen molar-refractivity contribution in [2.24, 2.45) is 5.92 Å². The van der Waals surface area contributed by atoms with Crippen LogP contribution in [-0.2, 0) is 11.0 Å². The van der Waals surface area contributed by atoms with Crippen molar-refractivity contribution in [1.82, 2.24) is 19.4 Å². The molecule has 35 heavy (non-hydrogen) atoms. The zero-order valence-electron chi connectivity index (χ0n) is 19.0. The van der Waals surface area contributed by atoms with E-state index in [0.717, 1.165) is 24.3 Å². The molecule has 0 bridgehead atoms. The SMILES string of the molecule is CC(C)C(C(=O)N1CCN(C(=O)c2cccc(C(F)(F)F)c2)CC1)n1cnc2cc(F)c(F)cc21. The first kappa shape index (κ1) is 24.6. The number of benzene rings is 2. The zero-order valence-corrected chi connectivity index (χ0v) is 19.0. The van der Waals surface area contributed by atoms with E-state index in [1.807, 2.05) is 13.8 Å². The van der Waals surface area contributed by atoms with Gasteiger partial charge in [-0.15, -0.1) is 0 Å². The molecule has 1 fully saturated rings. The fourth-order valence-corrected chi connectivity index (χ4v) is 4.30. The molecule has 2 aromatic carbocycles. The Hall–Kier alpha value is -3.50. The normalized spacial score (nSPS) is 15.7. The maximum absolute atomic E-state index is 13.9. The Morgan fingerprint density at radius 3 is 2.20 bits per heavy atom. The van der Waals surface area contributed by atoms with Crippen LogP contribution in [0.15, 0.2) is 42.7 Å². The molecule has 1 saturated heterocycles. The van der Waals surface area contributed by atoms with Crippen LogP contribution in [0.1, 0.15) is 35.8 Å². The third-order valence-corrected chi connectivity index (χ3v) is 6.12. The number of rotatable bonds is 4. The summed E-state index contributed by atoms with van der Waals surface area (Å²) in [5, 5.41) is 0. The van der Waals surface area contributed by atoms with Crippen LogP contribution in [0, 0.1) is 17.6 Å². The zero-order chi connectivity index (χ0) is 25.5. The lowest BCUT2D eigenvalue weighted by atomic mass is 10.0. The maximum atomic E-state index is 13.9. The van der Waals surface area contributed by atoms with Crippen molar-refractivity contribution in [3.05, 3.63) is 65.5 Å². The fraction of sp³-hybridized carbons (Fsp3) is 0.375. The number of halogens is 5. The Morgan fingerprint density at radius 1 is 0.943 bits per heavy atom. The molecule has 1 unspecified atom stereocenters. The van der Waals surface area contributed by atoms with E-state index >= 15 is 0 Å². The first-order chi connectivity index (χ1) is 16.5. The molecule has 1 aliphatic rings. The minimum atomic E-state index is -4.56. The first-order valence-electron chi connectivity index (χ1n) is 11.0. The van der Waals surface area contributed by atoms with Crippen LogP contribution in [-0.4, -0.2) is 57.3 Å². The standard InChI is InChI=1S/C24H23F5N4O2/c1-14(2)21(33-13-30-19-11-17(25)18(26)12-20(19)33)23(35)32-8-6-31(7-9-32)22(34)15-4-3-5-16(10-15)24(27,28)29/h3-5,10-14,21H,6-9H2,1-2H3. The lowest BCUT2D eigenvalue weighted by Gasteiger charge is -2.37. The maximum Gasteiger partial charge on any atom is 0.416 e. The van der Waals surface area contributed by atoms with Crippen LogP contribution in [0.2, 0.25) is 0 Å². The van der Waals surface area contributed by atoms with Gasteiger partial charge in [-0.3, -0.25) is 9.59 Å². The average molecular weight is 494 g/mol. The second kappa shape index (κ2) is 9.27. The third kappa shape index (κ3) is 4.85. The number of hydrogen-bond acceptors (Lipinski definition) is 3. The van der Waals surface area contributed by atoms with E-state index in [0.29, 0.717) is 0 Å². The minimum absolute atomic E-state index is 0.0706. The first-order valence-corrected chi connectivity index (χ1v) is 11.0. The Morgan fingerprint density at radius 2 is 1.57 bits per heavy atom. The van der Waals surface area contributed by atoms with E-state index in [4.69, 9.17) is 0 Å². The summed E-state index contributed by atoms with van der Waals surface area (Å²) in [6, 6.07) is 5.48. The van der Waals surface area contributed by atoms with E-state index < -0.39 is 35.3 Å². The number of nitrogens with zero attached hydrogens (tertiary/aromatic N) is 4. The minimum Gasteiger partial charge on any atom is -0.337 e. The van der Waals surface area contributed by atoms with E-state index in [1.54, 1.807) is 4.90 Å². The summed E-state index contributed by atoms with van der Waals surface area (Å²) in [6.07, 6.45) is -3.18. The molecule has 0 aliphatic carbocycles. The summed E-state index contributed by atoms with van der Waals surface area (Å²) >= 11 is 0.